The maximum atomic E-state index is 11.7. The van der Waals surface area contributed by atoms with E-state index in [2.05, 4.69) is 50.4 Å². The van der Waals surface area contributed by atoms with Crippen molar-refractivity contribution >= 4 is 5.91 Å². The van der Waals surface area contributed by atoms with Crippen molar-refractivity contribution in [1.82, 2.24) is 5.32 Å². The fraction of sp³-hybridized carbons (Fsp3) is 0.611. The largest absolute Gasteiger partial charge is 0.356 e. The molecular weight excluding hydrogens is 246 g/mol. The summed E-state index contributed by atoms with van der Waals surface area (Å²) in [5.74, 6) is 0.741. The molecular formula is C18H29NO. The number of rotatable bonds is 9. The number of nitrogens with one attached hydrogen (secondary N) is 1. The van der Waals surface area contributed by atoms with Crippen molar-refractivity contribution in [3.8, 4) is 0 Å². The van der Waals surface area contributed by atoms with E-state index in [1.165, 1.54) is 30.4 Å². The minimum Gasteiger partial charge on any atom is -0.356 e. The van der Waals surface area contributed by atoms with Crippen molar-refractivity contribution in [2.45, 2.75) is 65.2 Å². The molecule has 1 rings (SSSR count). The molecule has 0 aliphatic rings. The first-order chi connectivity index (χ1) is 9.63. The number of hydrogen-bond donors (Lipinski definition) is 1. The Morgan fingerprint density at radius 3 is 2.40 bits per heavy atom. The molecule has 0 radical (unpaired) electrons. The molecule has 1 aromatic rings. The second-order valence-electron chi connectivity index (χ2n) is 5.81. The summed E-state index contributed by atoms with van der Waals surface area (Å²) >= 11 is 0. The normalized spacial score (nSPS) is 10.8. The molecule has 1 amide bonds. The van der Waals surface area contributed by atoms with Crippen LogP contribution in [-0.4, -0.2) is 12.5 Å². The highest BCUT2D eigenvalue weighted by Crippen LogP contribution is 2.15. The van der Waals surface area contributed by atoms with Crippen LogP contribution in [0.15, 0.2) is 24.3 Å². The molecule has 0 aliphatic heterocycles. The molecule has 0 spiro atoms. The van der Waals surface area contributed by atoms with E-state index >= 15 is 0 Å². The molecule has 0 atom stereocenters. The van der Waals surface area contributed by atoms with Gasteiger partial charge < -0.3 is 5.32 Å². The van der Waals surface area contributed by atoms with Crippen LogP contribution in [0.5, 0.6) is 0 Å². The van der Waals surface area contributed by atoms with Gasteiger partial charge in [-0.05, 0) is 29.9 Å². The number of hydrogen-bond acceptors (Lipinski definition) is 1. The fourth-order valence-corrected chi connectivity index (χ4v) is 2.20. The molecule has 0 fully saturated rings. The van der Waals surface area contributed by atoms with Gasteiger partial charge in [0.05, 0.1) is 0 Å². The van der Waals surface area contributed by atoms with Crippen molar-refractivity contribution < 1.29 is 4.79 Å². The van der Waals surface area contributed by atoms with Crippen LogP contribution in [0.4, 0.5) is 0 Å². The van der Waals surface area contributed by atoms with Crippen molar-refractivity contribution in [1.29, 1.82) is 0 Å². The number of benzene rings is 1. The van der Waals surface area contributed by atoms with Crippen LogP contribution in [0.1, 0.15) is 69.9 Å². The van der Waals surface area contributed by atoms with E-state index in [1.54, 1.807) is 0 Å². The van der Waals surface area contributed by atoms with Gasteiger partial charge in [0.25, 0.3) is 0 Å². The molecule has 0 unspecified atom stereocenters. The zero-order valence-electron chi connectivity index (χ0n) is 13.2. The SMILES string of the molecule is CCCCCCNC(=O)CCc1ccc(C(C)C)cc1. The average Bonchev–Trinajstić information content (AvgIpc) is 2.45. The number of unbranched alkanes of at least 4 members (excludes halogenated alkanes) is 3. The van der Waals surface area contributed by atoms with Gasteiger partial charge in [-0.1, -0.05) is 64.3 Å². The Hall–Kier alpha value is -1.31. The molecule has 0 bridgehead atoms. The van der Waals surface area contributed by atoms with Gasteiger partial charge in [-0.2, -0.15) is 0 Å². The van der Waals surface area contributed by atoms with E-state index in [1.807, 2.05) is 0 Å². The van der Waals surface area contributed by atoms with E-state index in [4.69, 9.17) is 0 Å². The van der Waals surface area contributed by atoms with Crippen molar-refractivity contribution in [2.75, 3.05) is 6.54 Å². The molecule has 1 N–H and O–H groups in total. The summed E-state index contributed by atoms with van der Waals surface area (Å²) in [7, 11) is 0. The standard InChI is InChI=1S/C18H29NO/c1-4-5-6-7-14-19-18(20)13-10-16-8-11-17(12-9-16)15(2)3/h8-9,11-12,15H,4-7,10,13-14H2,1-3H3,(H,19,20). The highest BCUT2D eigenvalue weighted by molar-refractivity contribution is 5.76. The van der Waals surface area contributed by atoms with Crippen LogP contribution in [0.25, 0.3) is 0 Å². The maximum absolute atomic E-state index is 11.7. The number of aryl methyl sites for hydroxylation is 1. The van der Waals surface area contributed by atoms with Crippen LogP contribution in [0.3, 0.4) is 0 Å². The van der Waals surface area contributed by atoms with Gasteiger partial charge >= 0.3 is 0 Å². The number of carbonyl (C=O) groups is 1. The van der Waals surface area contributed by atoms with E-state index < -0.39 is 0 Å². The zero-order chi connectivity index (χ0) is 14.8. The van der Waals surface area contributed by atoms with Gasteiger partial charge in [0, 0.05) is 13.0 Å². The summed E-state index contributed by atoms with van der Waals surface area (Å²) in [5, 5.41) is 3.00. The summed E-state index contributed by atoms with van der Waals surface area (Å²) in [5.41, 5.74) is 2.60. The monoisotopic (exact) mass is 275 g/mol. The van der Waals surface area contributed by atoms with Crippen LogP contribution in [0, 0.1) is 0 Å². The van der Waals surface area contributed by atoms with E-state index in [9.17, 15) is 4.79 Å². The third-order valence-electron chi connectivity index (χ3n) is 3.64. The molecule has 0 aromatic heterocycles. The van der Waals surface area contributed by atoms with E-state index in [0.717, 1.165) is 19.4 Å². The smallest absolute Gasteiger partial charge is 0.220 e. The lowest BCUT2D eigenvalue weighted by Gasteiger charge is -2.07. The summed E-state index contributed by atoms with van der Waals surface area (Å²) in [6.07, 6.45) is 6.24. The van der Waals surface area contributed by atoms with Crippen molar-refractivity contribution in [2.24, 2.45) is 0 Å². The Kier molecular flexibility index (Phi) is 8.01. The van der Waals surface area contributed by atoms with Gasteiger partial charge in [-0.25, -0.2) is 0 Å². The van der Waals surface area contributed by atoms with Crippen LogP contribution < -0.4 is 5.32 Å². The van der Waals surface area contributed by atoms with Crippen LogP contribution in [-0.2, 0) is 11.2 Å². The van der Waals surface area contributed by atoms with Gasteiger partial charge in [0.2, 0.25) is 5.91 Å². The molecule has 0 saturated carbocycles. The summed E-state index contributed by atoms with van der Waals surface area (Å²) in [6, 6.07) is 8.62. The lowest BCUT2D eigenvalue weighted by atomic mass is 10.0. The second kappa shape index (κ2) is 9.57. The molecule has 0 saturated heterocycles. The van der Waals surface area contributed by atoms with E-state index in [0.29, 0.717) is 12.3 Å². The fourth-order valence-electron chi connectivity index (χ4n) is 2.20. The predicted molar refractivity (Wildman–Crippen MR) is 86.0 cm³/mol. The number of amides is 1. The molecule has 112 valence electrons. The predicted octanol–water partition coefficient (Wildman–Crippen LogP) is 4.44. The Balaban J connectivity index is 2.20. The average molecular weight is 275 g/mol. The van der Waals surface area contributed by atoms with Crippen molar-refractivity contribution in [3.63, 3.8) is 0 Å². The molecule has 20 heavy (non-hydrogen) atoms. The second-order valence-corrected chi connectivity index (χ2v) is 5.81. The highest BCUT2D eigenvalue weighted by Gasteiger charge is 2.03. The Morgan fingerprint density at radius 1 is 1.10 bits per heavy atom. The summed E-state index contributed by atoms with van der Waals surface area (Å²) in [4.78, 5) is 11.7. The molecule has 0 aliphatic carbocycles. The molecule has 2 heteroatoms. The minimum atomic E-state index is 0.175. The first-order valence-corrected chi connectivity index (χ1v) is 7.99. The molecule has 2 nitrogen and oxygen atoms in total. The van der Waals surface area contributed by atoms with Gasteiger partial charge in [0.15, 0.2) is 0 Å². The van der Waals surface area contributed by atoms with Gasteiger partial charge in [-0.3, -0.25) is 4.79 Å². The third-order valence-corrected chi connectivity index (χ3v) is 3.64. The lowest BCUT2D eigenvalue weighted by molar-refractivity contribution is -0.121. The third kappa shape index (κ3) is 6.74. The maximum Gasteiger partial charge on any atom is 0.220 e. The molecule has 0 heterocycles. The summed E-state index contributed by atoms with van der Waals surface area (Å²) < 4.78 is 0. The van der Waals surface area contributed by atoms with Crippen LogP contribution >= 0.6 is 0 Å². The first-order valence-electron chi connectivity index (χ1n) is 7.99. The first kappa shape index (κ1) is 16.7. The number of carbonyl (C=O) groups excluding carboxylic acids is 1. The quantitative estimate of drug-likeness (QED) is 0.663. The lowest BCUT2D eigenvalue weighted by Crippen LogP contribution is -2.24. The van der Waals surface area contributed by atoms with Crippen molar-refractivity contribution in [3.05, 3.63) is 35.4 Å². The van der Waals surface area contributed by atoms with Gasteiger partial charge in [-0.15, -0.1) is 0 Å². The van der Waals surface area contributed by atoms with E-state index in [-0.39, 0.29) is 5.91 Å². The Labute approximate surface area is 124 Å². The summed E-state index contributed by atoms with van der Waals surface area (Å²) in [6.45, 7) is 7.41. The Bertz CT molecular complexity index is 381. The highest BCUT2D eigenvalue weighted by atomic mass is 16.1. The molecule has 1 aromatic carbocycles. The Morgan fingerprint density at radius 2 is 1.80 bits per heavy atom. The topological polar surface area (TPSA) is 29.1 Å². The van der Waals surface area contributed by atoms with Gasteiger partial charge in [0.1, 0.15) is 0 Å². The minimum absolute atomic E-state index is 0.175. The zero-order valence-corrected chi connectivity index (χ0v) is 13.2. The van der Waals surface area contributed by atoms with Crippen LogP contribution in [0.2, 0.25) is 0 Å².